The quantitative estimate of drug-likeness (QED) is 0.434. The van der Waals surface area contributed by atoms with Crippen molar-refractivity contribution in [2.75, 3.05) is 11.5 Å². The van der Waals surface area contributed by atoms with Gasteiger partial charge in [0.2, 0.25) is 0 Å². The zero-order valence-electron chi connectivity index (χ0n) is 17.6. The fraction of sp³-hybridized carbons (Fsp3) is 0.478. The van der Waals surface area contributed by atoms with E-state index in [0.717, 1.165) is 23.6 Å². The molecule has 0 spiro atoms. The number of nitro benzene ring substituents is 1. The van der Waals surface area contributed by atoms with Crippen LogP contribution in [-0.4, -0.2) is 33.7 Å². The molecule has 7 heteroatoms. The van der Waals surface area contributed by atoms with Gasteiger partial charge in [-0.05, 0) is 62.2 Å². The molecule has 0 bridgehead atoms. The third kappa shape index (κ3) is 5.84. The van der Waals surface area contributed by atoms with Gasteiger partial charge in [0.1, 0.15) is 0 Å². The topological polar surface area (TPSA) is 75.4 Å². The van der Waals surface area contributed by atoms with E-state index in [1.54, 1.807) is 12.1 Å². The molecule has 0 saturated carbocycles. The summed E-state index contributed by atoms with van der Waals surface area (Å²) in [5, 5.41) is 25.5. The third-order valence-corrected chi connectivity index (χ3v) is 7.49. The minimum absolute atomic E-state index is 0.0218. The molecule has 0 unspecified atom stereocenters. The van der Waals surface area contributed by atoms with E-state index in [1.165, 1.54) is 17.2 Å². The van der Waals surface area contributed by atoms with Crippen LogP contribution in [0.15, 0.2) is 46.9 Å². The molecule has 1 saturated heterocycles. The Bertz CT molecular complexity index is 900. The molecule has 5 nitrogen and oxygen atoms in total. The molecule has 2 N–H and O–H groups in total. The van der Waals surface area contributed by atoms with Gasteiger partial charge >= 0.3 is 0 Å². The monoisotopic (exact) mass is 492 g/mol. The first-order valence-electron chi connectivity index (χ1n) is 10.2. The summed E-state index contributed by atoms with van der Waals surface area (Å²) in [4.78, 5) is 10.6. The predicted octanol–water partition coefficient (Wildman–Crippen LogP) is 5.08. The molecular formula is C23H29BrN2O3S. The highest BCUT2D eigenvalue weighted by Crippen LogP contribution is 2.31. The lowest BCUT2D eigenvalue weighted by Crippen LogP contribution is -2.49. The van der Waals surface area contributed by atoms with Crippen LogP contribution < -0.4 is 5.32 Å². The van der Waals surface area contributed by atoms with Crippen molar-refractivity contribution < 1.29 is 10.0 Å². The van der Waals surface area contributed by atoms with Gasteiger partial charge in [-0.1, -0.05) is 51.1 Å². The lowest BCUT2D eigenvalue weighted by atomic mass is 9.86. The fourth-order valence-electron chi connectivity index (χ4n) is 3.76. The molecule has 1 fully saturated rings. The summed E-state index contributed by atoms with van der Waals surface area (Å²) in [6.07, 6.45) is 0.244. The Hall–Kier alpha value is -1.41. The predicted molar refractivity (Wildman–Crippen MR) is 127 cm³/mol. The molecule has 30 heavy (non-hydrogen) atoms. The summed E-state index contributed by atoms with van der Waals surface area (Å²) in [7, 11) is 0. The summed E-state index contributed by atoms with van der Waals surface area (Å²) in [5.41, 5.74) is 3.70. The lowest BCUT2D eigenvalue weighted by Gasteiger charge is -2.35. The van der Waals surface area contributed by atoms with Gasteiger partial charge in [-0.2, -0.15) is 11.8 Å². The molecule has 0 amide bonds. The minimum atomic E-state index is -0.453. The van der Waals surface area contributed by atoms with Gasteiger partial charge in [-0.15, -0.1) is 0 Å². The van der Waals surface area contributed by atoms with Gasteiger partial charge in [-0.25, -0.2) is 0 Å². The van der Waals surface area contributed by atoms with E-state index < -0.39 is 11.0 Å². The molecule has 2 aromatic rings. The van der Waals surface area contributed by atoms with Crippen molar-refractivity contribution in [3.05, 3.63) is 73.7 Å². The molecule has 162 valence electrons. The first-order valence-corrected chi connectivity index (χ1v) is 12.1. The Kier molecular flexibility index (Phi) is 7.61. The third-order valence-electron chi connectivity index (χ3n) is 5.59. The molecule has 1 heterocycles. The van der Waals surface area contributed by atoms with Crippen molar-refractivity contribution in [2.24, 2.45) is 5.92 Å². The molecule has 0 radical (unpaired) electrons. The molecule has 2 aromatic carbocycles. The van der Waals surface area contributed by atoms with Gasteiger partial charge in [0.15, 0.2) is 0 Å². The molecule has 0 aliphatic carbocycles. The summed E-state index contributed by atoms with van der Waals surface area (Å²) in [5.74, 6) is 1.86. The number of hydrogen-bond donors (Lipinski definition) is 2. The first kappa shape index (κ1) is 23.3. The van der Waals surface area contributed by atoms with Crippen molar-refractivity contribution in [3.63, 3.8) is 0 Å². The standard InChI is InChI=1S/C23H29BrN2O3S/c1-23(2,3)18-6-4-5-16(10-18)12-25-20-14-30-13-17(22(20)27)9-15-7-8-21(26(28)29)19(24)11-15/h4-8,10-11,17,20,22,25,27H,9,12-14H2,1-3H3/t17-,20+,22+/m1/s1. The van der Waals surface area contributed by atoms with Crippen LogP contribution in [0.25, 0.3) is 0 Å². The van der Waals surface area contributed by atoms with E-state index in [9.17, 15) is 15.2 Å². The summed E-state index contributed by atoms with van der Waals surface area (Å²) >= 11 is 5.13. The highest BCUT2D eigenvalue weighted by Gasteiger charge is 2.32. The molecule has 3 rings (SSSR count). The second-order valence-corrected chi connectivity index (χ2v) is 10.9. The van der Waals surface area contributed by atoms with Gasteiger partial charge in [0.05, 0.1) is 15.5 Å². The Balaban J connectivity index is 1.62. The highest BCUT2D eigenvalue weighted by atomic mass is 79.9. The van der Waals surface area contributed by atoms with Crippen LogP contribution in [0.2, 0.25) is 0 Å². The average molecular weight is 493 g/mol. The number of thioether (sulfide) groups is 1. The summed E-state index contributed by atoms with van der Waals surface area (Å²) in [6, 6.07) is 13.7. The number of aliphatic hydroxyl groups excluding tert-OH is 1. The Morgan fingerprint density at radius 2 is 1.97 bits per heavy atom. The van der Waals surface area contributed by atoms with Crippen LogP contribution in [0.5, 0.6) is 0 Å². The normalized spacial score (nSPS) is 22.1. The van der Waals surface area contributed by atoms with Gasteiger partial charge < -0.3 is 10.4 Å². The number of nitro groups is 1. The second-order valence-electron chi connectivity index (χ2n) is 8.97. The molecule has 3 atom stereocenters. The van der Waals surface area contributed by atoms with Crippen molar-refractivity contribution in [1.82, 2.24) is 5.32 Å². The number of halogens is 1. The number of aliphatic hydroxyl groups is 1. The summed E-state index contributed by atoms with van der Waals surface area (Å²) < 4.78 is 0.483. The number of benzene rings is 2. The maximum atomic E-state index is 11.0. The number of rotatable bonds is 6. The Labute approximate surface area is 190 Å². The lowest BCUT2D eigenvalue weighted by molar-refractivity contribution is -0.385. The van der Waals surface area contributed by atoms with E-state index in [1.807, 2.05) is 11.8 Å². The van der Waals surface area contributed by atoms with E-state index in [-0.39, 0.29) is 23.1 Å². The molecule has 1 aliphatic heterocycles. The molecular weight excluding hydrogens is 464 g/mol. The minimum Gasteiger partial charge on any atom is -0.391 e. The zero-order chi connectivity index (χ0) is 21.9. The van der Waals surface area contributed by atoms with Crippen molar-refractivity contribution in [1.29, 1.82) is 0 Å². The van der Waals surface area contributed by atoms with Crippen LogP contribution in [-0.2, 0) is 18.4 Å². The van der Waals surface area contributed by atoms with Gasteiger partial charge in [0.25, 0.3) is 5.69 Å². The zero-order valence-corrected chi connectivity index (χ0v) is 20.0. The maximum Gasteiger partial charge on any atom is 0.283 e. The number of nitrogens with one attached hydrogen (secondary N) is 1. The van der Waals surface area contributed by atoms with Crippen LogP contribution >= 0.6 is 27.7 Å². The largest absolute Gasteiger partial charge is 0.391 e. The second kappa shape index (κ2) is 9.81. The van der Waals surface area contributed by atoms with E-state index in [2.05, 4.69) is 66.3 Å². The fourth-order valence-corrected chi connectivity index (χ4v) is 5.65. The van der Waals surface area contributed by atoms with Crippen molar-refractivity contribution in [3.8, 4) is 0 Å². The Morgan fingerprint density at radius 1 is 1.20 bits per heavy atom. The first-order chi connectivity index (χ1) is 14.1. The molecule has 0 aromatic heterocycles. The van der Waals surface area contributed by atoms with Crippen LogP contribution in [0.1, 0.15) is 37.5 Å². The van der Waals surface area contributed by atoms with Gasteiger partial charge in [0, 0.05) is 24.4 Å². The van der Waals surface area contributed by atoms with Crippen LogP contribution in [0, 0.1) is 16.0 Å². The maximum absolute atomic E-state index is 11.0. The van der Waals surface area contributed by atoms with Gasteiger partial charge in [-0.3, -0.25) is 10.1 Å². The smallest absolute Gasteiger partial charge is 0.283 e. The number of nitrogens with zero attached hydrogens (tertiary/aromatic N) is 1. The van der Waals surface area contributed by atoms with Crippen molar-refractivity contribution in [2.45, 2.75) is 51.3 Å². The highest BCUT2D eigenvalue weighted by molar-refractivity contribution is 9.10. The van der Waals surface area contributed by atoms with E-state index >= 15 is 0 Å². The Morgan fingerprint density at radius 3 is 2.63 bits per heavy atom. The SMILES string of the molecule is CC(C)(C)c1cccc(CN[C@H]2CSC[C@@H](Cc3ccc([N+](=O)[O-])c(Br)c3)[C@@H]2O)c1. The van der Waals surface area contributed by atoms with Crippen LogP contribution in [0.4, 0.5) is 5.69 Å². The van der Waals surface area contributed by atoms with E-state index in [4.69, 9.17) is 0 Å². The average Bonchev–Trinajstić information content (AvgIpc) is 2.68. The summed E-state index contributed by atoms with van der Waals surface area (Å²) in [6.45, 7) is 7.36. The number of hydrogen-bond acceptors (Lipinski definition) is 5. The van der Waals surface area contributed by atoms with Crippen molar-refractivity contribution >= 4 is 33.4 Å². The van der Waals surface area contributed by atoms with E-state index in [0.29, 0.717) is 10.9 Å². The molecule has 1 aliphatic rings. The van der Waals surface area contributed by atoms with Crippen LogP contribution in [0.3, 0.4) is 0 Å².